The van der Waals surface area contributed by atoms with Gasteiger partial charge in [-0.1, -0.05) is 19.4 Å². The standard InChI is InChI=1S/C11H20O3/c1-3-11(13)14-10(2)8-6-4-5-7-9-12/h3,10,12H,1,4-9H2,2H3. The van der Waals surface area contributed by atoms with Crippen LogP contribution in [0.4, 0.5) is 0 Å². The highest BCUT2D eigenvalue weighted by molar-refractivity contribution is 5.81. The minimum Gasteiger partial charge on any atom is -0.460 e. The molecule has 3 nitrogen and oxygen atoms in total. The molecule has 0 saturated carbocycles. The van der Waals surface area contributed by atoms with Crippen LogP contribution in [-0.4, -0.2) is 23.8 Å². The predicted octanol–water partition coefficient (Wildman–Crippen LogP) is 2.05. The molecule has 1 unspecified atom stereocenters. The Hall–Kier alpha value is -0.830. The fourth-order valence-corrected chi connectivity index (χ4v) is 1.20. The van der Waals surface area contributed by atoms with Crippen LogP contribution in [0.5, 0.6) is 0 Å². The third kappa shape index (κ3) is 7.80. The Morgan fingerprint density at radius 3 is 2.64 bits per heavy atom. The summed E-state index contributed by atoms with van der Waals surface area (Å²) < 4.78 is 5.00. The van der Waals surface area contributed by atoms with Crippen LogP contribution >= 0.6 is 0 Å². The van der Waals surface area contributed by atoms with Crippen LogP contribution in [0, 0.1) is 0 Å². The van der Waals surface area contributed by atoms with Gasteiger partial charge in [-0.15, -0.1) is 0 Å². The van der Waals surface area contributed by atoms with E-state index < -0.39 is 0 Å². The second kappa shape index (κ2) is 8.75. The monoisotopic (exact) mass is 200 g/mol. The Balaban J connectivity index is 3.30. The zero-order chi connectivity index (χ0) is 10.8. The molecule has 0 amide bonds. The second-order valence-electron chi connectivity index (χ2n) is 3.38. The highest BCUT2D eigenvalue weighted by Gasteiger charge is 2.05. The fraction of sp³-hybridized carbons (Fsp3) is 0.727. The van der Waals surface area contributed by atoms with E-state index in [1.54, 1.807) is 0 Å². The third-order valence-corrected chi connectivity index (χ3v) is 2.00. The molecule has 14 heavy (non-hydrogen) atoms. The fourth-order valence-electron chi connectivity index (χ4n) is 1.20. The van der Waals surface area contributed by atoms with Gasteiger partial charge in [-0.3, -0.25) is 0 Å². The Morgan fingerprint density at radius 2 is 2.07 bits per heavy atom. The summed E-state index contributed by atoms with van der Waals surface area (Å²) >= 11 is 0. The topological polar surface area (TPSA) is 46.5 Å². The molecule has 0 fully saturated rings. The molecule has 0 aromatic carbocycles. The highest BCUT2D eigenvalue weighted by atomic mass is 16.5. The summed E-state index contributed by atoms with van der Waals surface area (Å²) in [5.41, 5.74) is 0. The quantitative estimate of drug-likeness (QED) is 0.370. The van der Waals surface area contributed by atoms with Gasteiger partial charge in [0, 0.05) is 12.7 Å². The van der Waals surface area contributed by atoms with Gasteiger partial charge in [0.05, 0.1) is 6.10 Å². The van der Waals surface area contributed by atoms with Gasteiger partial charge in [0.15, 0.2) is 0 Å². The number of carbonyl (C=O) groups is 1. The maximum atomic E-state index is 10.8. The van der Waals surface area contributed by atoms with Crippen LogP contribution in [0.3, 0.4) is 0 Å². The SMILES string of the molecule is C=CC(=O)OC(C)CCCCCCO. The van der Waals surface area contributed by atoms with Crippen molar-refractivity contribution < 1.29 is 14.6 Å². The van der Waals surface area contributed by atoms with Gasteiger partial charge in [-0.2, -0.15) is 0 Å². The van der Waals surface area contributed by atoms with E-state index in [1.807, 2.05) is 6.92 Å². The molecule has 1 N–H and O–H groups in total. The molecule has 0 spiro atoms. The van der Waals surface area contributed by atoms with Gasteiger partial charge < -0.3 is 9.84 Å². The number of aliphatic hydroxyl groups is 1. The lowest BCUT2D eigenvalue weighted by Gasteiger charge is -2.11. The Bertz CT molecular complexity index is 166. The first-order valence-electron chi connectivity index (χ1n) is 5.14. The van der Waals surface area contributed by atoms with Crippen LogP contribution in [0.2, 0.25) is 0 Å². The molecule has 0 aromatic heterocycles. The smallest absolute Gasteiger partial charge is 0.330 e. The van der Waals surface area contributed by atoms with E-state index in [1.165, 1.54) is 6.08 Å². The van der Waals surface area contributed by atoms with E-state index >= 15 is 0 Å². The molecule has 3 heteroatoms. The van der Waals surface area contributed by atoms with E-state index in [0.29, 0.717) is 0 Å². The summed E-state index contributed by atoms with van der Waals surface area (Å²) in [7, 11) is 0. The molecular formula is C11H20O3. The van der Waals surface area contributed by atoms with Gasteiger partial charge in [-0.05, 0) is 26.2 Å². The summed E-state index contributed by atoms with van der Waals surface area (Å²) in [6.45, 7) is 5.48. The molecule has 0 rings (SSSR count). The average molecular weight is 200 g/mol. The summed E-state index contributed by atoms with van der Waals surface area (Å²) in [6.07, 6.45) is 6.05. The molecule has 0 saturated heterocycles. The maximum Gasteiger partial charge on any atom is 0.330 e. The summed E-state index contributed by atoms with van der Waals surface area (Å²) in [5, 5.41) is 8.55. The van der Waals surface area contributed by atoms with Gasteiger partial charge >= 0.3 is 5.97 Å². The predicted molar refractivity (Wildman–Crippen MR) is 55.9 cm³/mol. The number of unbranched alkanes of at least 4 members (excludes halogenated alkanes) is 3. The Morgan fingerprint density at radius 1 is 1.43 bits per heavy atom. The van der Waals surface area contributed by atoms with E-state index in [2.05, 4.69) is 6.58 Å². The lowest BCUT2D eigenvalue weighted by atomic mass is 10.1. The number of hydrogen-bond donors (Lipinski definition) is 1. The van der Waals surface area contributed by atoms with Gasteiger partial charge in [-0.25, -0.2) is 4.79 Å². The molecule has 0 aliphatic rings. The number of carbonyl (C=O) groups excluding carboxylic acids is 1. The van der Waals surface area contributed by atoms with Crippen molar-refractivity contribution in [3.63, 3.8) is 0 Å². The number of rotatable bonds is 8. The molecule has 0 radical (unpaired) electrons. The Kier molecular flexibility index (Phi) is 8.24. The number of hydrogen-bond acceptors (Lipinski definition) is 3. The van der Waals surface area contributed by atoms with Crippen molar-refractivity contribution in [2.24, 2.45) is 0 Å². The highest BCUT2D eigenvalue weighted by Crippen LogP contribution is 2.08. The number of esters is 1. The van der Waals surface area contributed by atoms with Crippen LogP contribution < -0.4 is 0 Å². The molecule has 82 valence electrons. The lowest BCUT2D eigenvalue weighted by molar-refractivity contribution is -0.142. The first-order valence-corrected chi connectivity index (χ1v) is 5.14. The van der Waals surface area contributed by atoms with Crippen molar-refractivity contribution in [2.75, 3.05) is 6.61 Å². The minimum absolute atomic E-state index is 0.0328. The van der Waals surface area contributed by atoms with Crippen LogP contribution in [0.1, 0.15) is 39.0 Å². The molecular weight excluding hydrogens is 180 g/mol. The summed E-state index contributed by atoms with van der Waals surface area (Å²) in [5.74, 6) is -0.354. The molecule has 1 atom stereocenters. The molecule has 0 heterocycles. The zero-order valence-corrected chi connectivity index (χ0v) is 8.87. The normalized spacial score (nSPS) is 12.1. The van der Waals surface area contributed by atoms with E-state index in [9.17, 15) is 4.79 Å². The number of ether oxygens (including phenoxy) is 1. The average Bonchev–Trinajstić information content (AvgIpc) is 2.17. The molecule has 0 aliphatic heterocycles. The first kappa shape index (κ1) is 13.2. The van der Waals surface area contributed by atoms with Crippen LogP contribution in [0.25, 0.3) is 0 Å². The van der Waals surface area contributed by atoms with Crippen LogP contribution in [-0.2, 0) is 9.53 Å². The van der Waals surface area contributed by atoms with Gasteiger partial charge in [0.2, 0.25) is 0 Å². The Labute approximate surface area is 85.8 Å². The second-order valence-corrected chi connectivity index (χ2v) is 3.38. The summed E-state index contributed by atoms with van der Waals surface area (Å²) in [4.78, 5) is 10.8. The summed E-state index contributed by atoms with van der Waals surface area (Å²) in [6, 6.07) is 0. The largest absolute Gasteiger partial charge is 0.460 e. The molecule has 0 aromatic rings. The van der Waals surface area contributed by atoms with Crippen molar-refractivity contribution in [3.8, 4) is 0 Å². The molecule has 0 bridgehead atoms. The first-order chi connectivity index (χ1) is 6.70. The van der Waals surface area contributed by atoms with Crippen LogP contribution in [0.15, 0.2) is 12.7 Å². The number of aliphatic hydroxyl groups excluding tert-OH is 1. The van der Waals surface area contributed by atoms with E-state index in [4.69, 9.17) is 9.84 Å². The van der Waals surface area contributed by atoms with Crippen molar-refractivity contribution >= 4 is 5.97 Å². The lowest BCUT2D eigenvalue weighted by Crippen LogP contribution is -2.12. The van der Waals surface area contributed by atoms with Crippen molar-refractivity contribution in [1.29, 1.82) is 0 Å². The third-order valence-electron chi connectivity index (χ3n) is 2.00. The molecule has 0 aliphatic carbocycles. The van der Waals surface area contributed by atoms with E-state index in [-0.39, 0.29) is 18.7 Å². The van der Waals surface area contributed by atoms with Crippen molar-refractivity contribution in [1.82, 2.24) is 0 Å². The minimum atomic E-state index is -0.354. The maximum absolute atomic E-state index is 10.8. The van der Waals surface area contributed by atoms with Gasteiger partial charge in [0.25, 0.3) is 0 Å². The van der Waals surface area contributed by atoms with Crippen molar-refractivity contribution in [2.45, 2.75) is 45.1 Å². The van der Waals surface area contributed by atoms with E-state index in [0.717, 1.165) is 32.1 Å². The van der Waals surface area contributed by atoms with Gasteiger partial charge in [0.1, 0.15) is 0 Å². The van der Waals surface area contributed by atoms with Crippen molar-refractivity contribution in [3.05, 3.63) is 12.7 Å². The zero-order valence-electron chi connectivity index (χ0n) is 8.87.